The summed E-state index contributed by atoms with van der Waals surface area (Å²) in [5, 5.41) is 12.0. The number of nitrogens with zero attached hydrogens (tertiary/aromatic N) is 11. The van der Waals surface area contributed by atoms with Crippen LogP contribution in [0.3, 0.4) is 0 Å². The Morgan fingerprint density at radius 3 is 1.45 bits per heavy atom. The summed E-state index contributed by atoms with van der Waals surface area (Å²) in [7, 11) is 3.22. The van der Waals surface area contributed by atoms with E-state index in [4.69, 9.17) is 18.9 Å². The van der Waals surface area contributed by atoms with E-state index in [1.54, 1.807) is 147 Å². The minimum absolute atomic E-state index is 0.203. The molecular weight excluding hydrogens is 885 g/mol. The molecule has 0 saturated carbocycles. The Bertz CT molecular complexity index is 3110. The molecule has 0 saturated heterocycles. The van der Waals surface area contributed by atoms with Crippen LogP contribution < -0.4 is 34.9 Å². The lowest BCUT2D eigenvalue weighted by Gasteiger charge is -2.08. The van der Waals surface area contributed by atoms with Crippen molar-refractivity contribution in [3.05, 3.63) is 194 Å². The molecule has 69 heavy (non-hydrogen) atoms. The van der Waals surface area contributed by atoms with Crippen LogP contribution >= 0.6 is 0 Å². The summed E-state index contributed by atoms with van der Waals surface area (Å²) in [6.45, 7) is 1.86. The van der Waals surface area contributed by atoms with Crippen LogP contribution in [0.4, 0.5) is 17.5 Å². The van der Waals surface area contributed by atoms with Gasteiger partial charge in [-0.2, -0.15) is 4.98 Å². The Labute approximate surface area is 393 Å². The summed E-state index contributed by atoms with van der Waals surface area (Å²) in [5.74, 6) is 3.11. The van der Waals surface area contributed by atoms with E-state index in [-0.39, 0.29) is 28.9 Å². The molecule has 3 amide bonds. The molecule has 0 aliphatic carbocycles. The van der Waals surface area contributed by atoms with Crippen LogP contribution in [-0.2, 0) is 7.05 Å². The molecule has 344 valence electrons. The van der Waals surface area contributed by atoms with Crippen molar-refractivity contribution in [2.45, 2.75) is 6.92 Å². The van der Waals surface area contributed by atoms with Crippen molar-refractivity contribution < 1.29 is 33.3 Å². The number of aryl methyl sites for hydroxylation is 2. The van der Waals surface area contributed by atoms with Crippen LogP contribution in [0.25, 0.3) is 0 Å². The third-order valence-electron chi connectivity index (χ3n) is 8.66. The number of nitrogens with one attached hydrogen (secondary N) is 3. The molecule has 0 aliphatic heterocycles. The number of pyridine rings is 8. The van der Waals surface area contributed by atoms with Gasteiger partial charge < -0.3 is 29.6 Å². The fourth-order valence-electron chi connectivity index (χ4n) is 5.59. The fourth-order valence-corrected chi connectivity index (χ4v) is 5.59. The van der Waals surface area contributed by atoms with Crippen LogP contribution in [0.2, 0.25) is 0 Å². The topological polar surface area (TPSA) is 258 Å². The van der Waals surface area contributed by atoms with Gasteiger partial charge in [0.1, 0.15) is 63.7 Å². The quantitative estimate of drug-likeness (QED) is 0.0996. The normalized spacial score (nSPS) is 10.1. The second-order valence-corrected chi connectivity index (χ2v) is 13.9. The molecule has 9 heterocycles. The van der Waals surface area contributed by atoms with Crippen molar-refractivity contribution in [1.29, 1.82) is 0 Å². The van der Waals surface area contributed by atoms with E-state index in [2.05, 4.69) is 65.9 Å². The summed E-state index contributed by atoms with van der Waals surface area (Å²) in [5.41, 5.74) is 2.17. The first-order chi connectivity index (χ1) is 33.6. The molecule has 21 nitrogen and oxygen atoms in total. The first-order valence-corrected chi connectivity index (χ1v) is 20.5. The van der Waals surface area contributed by atoms with Gasteiger partial charge in [-0.25, -0.2) is 4.98 Å². The molecule has 9 aromatic heterocycles. The van der Waals surface area contributed by atoms with Gasteiger partial charge in [0.25, 0.3) is 17.7 Å². The van der Waals surface area contributed by atoms with Gasteiger partial charge in [0.15, 0.2) is 0 Å². The largest absolute Gasteiger partial charge is 0.481 e. The van der Waals surface area contributed by atoms with Crippen molar-refractivity contribution in [2.75, 3.05) is 23.1 Å². The third-order valence-corrected chi connectivity index (χ3v) is 8.66. The predicted octanol–water partition coefficient (Wildman–Crippen LogP) is 7.80. The summed E-state index contributed by atoms with van der Waals surface area (Å²) in [6.07, 6.45) is 17.4. The molecule has 0 unspecified atom stereocenters. The van der Waals surface area contributed by atoms with Crippen LogP contribution in [0.15, 0.2) is 171 Å². The summed E-state index contributed by atoms with van der Waals surface area (Å²) >= 11 is 0. The maximum atomic E-state index is 12.3. The molecule has 0 radical (unpaired) electrons. The number of anilines is 3. The van der Waals surface area contributed by atoms with E-state index < -0.39 is 11.8 Å². The van der Waals surface area contributed by atoms with Crippen LogP contribution in [-0.4, -0.2) is 79.5 Å². The van der Waals surface area contributed by atoms with Gasteiger partial charge in [0.2, 0.25) is 11.8 Å². The summed E-state index contributed by atoms with van der Waals surface area (Å²) < 4.78 is 23.4. The highest BCUT2D eigenvalue weighted by Gasteiger charge is 2.14. The number of ether oxygens (including phenoxy) is 4. The third kappa shape index (κ3) is 14.7. The van der Waals surface area contributed by atoms with Crippen molar-refractivity contribution in [2.24, 2.45) is 7.05 Å². The number of hydrogen-bond acceptors (Lipinski definition) is 17. The van der Waals surface area contributed by atoms with E-state index in [0.29, 0.717) is 51.9 Å². The molecular formula is C48H40N14O7. The standard InChI is InChI=1S/C17H14N4O3.C17H14N4O2.C14H12N6O2/c1-23-16-6-2-5-15(20-16)21-17(22)14-10-12(7-9-19-14)24-13-4-3-8-18-11-13;1-12-9-13(4-7-19-12)21-17(22)16-10-14(5-8-20-16)23-15-3-2-6-18-11-15;1-20-9-17-14(19-20)18-13(21)12-7-10(4-6-16-12)22-11-3-2-5-15-8-11/h2-11H,1H3,(H,20,21,22);2-11H,1H3,(H,19,21,22);2-9H,1H3,(H,18,19,21). The molecule has 0 aromatic carbocycles. The Kier molecular flexibility index (Phi) is 16.2. The zero-order chi connectivity index (χ0) is 48.2. The van der Waals surface area contributed by atoms with Crippen LogP contribution in [0.5, 0.6) is 40.4 Å². The Hall–Kier alpha value is -10.1. The molecule has 0 spiro atoms. The van der Waals surface area contributed by atoms with E-state index in [9.17, 15) is 14.4 Å². The van der Waals surface area contributed by atoms with Gasteiger partial charge in [0, 0.05) is 86.1 Å². The molecule has 9 rings (SSSR count). The summed E-state index contributed by atoms with van der Waals surface area (Å²) in [6, 6.07) is 28.9. The van der Waals surface area contributed by atoms with E-state index in [1.165, 1.54) is 42.8 Å². The molecule has 3 N–H and O–H groups in total. The minimum Gasteiger partial charge on any atom is -0.481 e. The predicted molar refractivity (Wildman–Crippen MR) is 250 cm³/mol. The first kappa shape index (κ1) is 46.9. The number of amides is 3. The maximum absolute atomic E-state index is 12.3. The number of methoxy groups -OCH3 is 1. The number of aromatic nitrogens is 11. The van der Waals surface area contributed by atoms with Crippen LogP contribution in [0, 0.1) is 6.92 Å². The van der Waals surface area contributed by atoms with Gasteiger partial charge in [-0.05, 0) is 79.7 Å². The first-order valence-electron chi connectivity index (χ1n) is 20.5. The smallest absolute Gasteiger partial charge is 0.276 e. The monoisotopic (exact) mass is 924 g/mol. The molecule has 21 heteroatoms. The van der Waals surface area contributed by atoms with Crippen LogP contribution in [0.1, 0.15) is 37.2 Å². The zero-order valence-corrected chi connectivity index (χ0v) is 36.9. The van der Waals surface area contributed by atoms with E-state index in [1.807, 2.05) is 6.92 Å². The fraction of sp³-hybridized carbons (Fsp3) is 0.0625. The van der Waals surface area contributed by atoms with Crippen molar-refractivity contribution in [1.82, 2.24) is 54.6 Å². The number of carbonyl (C=O) groups excluding carboxylic acids is 3. The Morgan fingerprint density at radius 1 is 0.507 bits per heavy atom. The minimum atomic E-state index is -0.414. The molecule has 9 aromatic rings. The van der Waals surface area contributed by atoms with Gasteiger partial charge in [-0.15, -0.1) is 5.10 Å². The average Bonchev–Trinajstić information content (AvgIpc) is 3.79. The lowest BCUT2D eigenvalue weighted by atomic mass is 10.3. The van der Waals surface area contributed by atoms with Crippen molar-refractivity contribution in [3.8, 4) is 40.4 Å². The number of rotatable bonds is 13. The zero-order valence-electron chi connectivity index (χ0n) is 36.9. The van der Waals surface area contributed by atoms with Gasteiger partial charge in [-0.1, -0.05) is 6.07 Å². The highest BCUT2D eigenvalue weighted by atomic mass is 16.5. The van der Waals surface area contributed by atoms with E-state index >= 15 is 0 Å². The average molecular weight is 925 g/mol. The molecule has 0 atom stereocenters. The maximum Gasteiger partial charge on any atom is 0.276 e. The summed E-state index contributed by atoms with van der Waals surface area (Å²) in [4.78, 5) is 72.8. The Balaban J connectivity index is 0.000000153. The van der Waals surface area contributed by atoms with Gasteiger partial charge in [-0.3, -0.25) is 59.3 Å². The van der Waals surface area contributed by atoms with Crippen molar-refractivity contribution in [3.63, 3.8) is 0 Å². The lowest BCUT2D eigenvalue weighted by Crippen LogP contribution is -2.14. The SMILES string of the molecule is COc1cccc(NC(=O)c2cc(Oc3cccnc3)ccn2)n1.Cc1cc(NC(=O)c2cc(Oc3cccnc3)ccn2)ccn1.Cn1cnc(NC(=O)c2cc(Oc3cccnc3)ccn2)n1. The van der Waals surface area contributed by atoms with Crippen molar-refractivity contribution >= 4 is 35.2 Å². The highest BCUT2D eigenvalue weighted by molar-refractivity contribution is 6.03. The second-order valence-electron chi connectivity index (χ2n) is 13.9. The second kappa shape index (κ2) is 23.8. The van der Waals surface area contributed by atoms with Gasteiger partial charge in [0.05, 0.1) is 25.7 Å². The lowest BCUT2D eigenvalue weighted by molar-refractivity contribution is 0.101. The number of hydrogen-bond donors (Lipinski definition) is 3. The highest BCUT2D eigenvalue weighted by Crippen LogP contribution is 2.23. The number of carbonyl (C=O) groups is 3. The molecule has 0 bridgehead atoms. The van der Waals surface area contributed by atoms with Gasteiger partial charge >= 0.3 is 0 Å². The molecule has 0 aliphatic rings. The Morgan fingerprint density at radius 2 is 1.00 bits per heavy atom. The van der Waals surface area contributed by atoms with E-state index in [0.717, 1.165) is 5.69 Å². The molecule has 0 fully saturated rings.